The van der Waals surface area contributed by atoms with Crippen molar-refractivity contribution in [2.75, 3.05) is 5.33 Å². The Balaban J connectivity index is 2.35. The first kappa shape index (κ1) is 12.6. The molecule has 1 heterocycles. The van der Waals surface area contributed by atoms with Crippen LogP contribution in [0.25, 0.3) is 5.69 Å². The highest BCUT2D eigenvalue weighted by Crippen LogP contribution is 2.19. The summed E-state index contributed by atoms with van der Waals surface area (Å²) in [5.41, 5.74) is 0.551. The average molecular weight is 315 g/mol. The molecule has 0 aliphatic rings. The SMILES string of the molecule is O=[N+]([O-])c1ccc(-n2cc(CCBr)nn2)c(F)c1. The van der Waals surface area contributed by atoms with Crippen LogP contribution in [-0.2, 0) is 6.42 Å². The second kappa shape index (κ2) is 5.21. The number of nitrogens with zero attached hydrogens (tertiary/aromatic N) is 4. The molecule has 6 nitrogen and oxygen atoms in total. The fourth-order valence-corrected chi connectivity index (χ4v) is 1.83. The molecule has 0 unspecified atom stereocenters. The predicted octanol–water partition coefficient (Wildman–Crippen LogP) is 2.25. The second-order valence-electron chi connectivity index (χ2n) is 3.49. The molecule has 2 aromatic rings. The van der Waals surface area contributed by atoms with Crippen LogP contribution < -0.4 is 0 Å². The Morgan fingerprint density at radius 3 is 2.89 bits per heavy atom. The van der Waals surface area contributed by atoms with E-state index in [-0.39, 0.29) is 11.4 Å². The molecular formula is C10H8BrFN4O2. The number of aromatic nitrogens is 3. The van der Waals surface area contributed by atoms with E-state index in [1.54, 1.807) is 6.20 Å². The summed E-state index contributed by atoms with van der Waals surface area (Å²) in [4.78, 5) is 9.84. The Labute approximate surface area is 110 Å². The number of rotatable bonds is 4. The summed E-state index contributed by atoms with van der Waals surface area (Å²) in [5.74, 6) is -0.709. The molecule has 0 aliphatic carbocycles. The average Bonchev–Trinajstić information content (AvgIpc) is 2.77. The smallest absolute Gasteiger partial charge is 0.258 e. The van der Waals surface area contributed by atoms with Gasteiger partial charge in [0.1, 0.15) is 5.69 Å². The van der Waals surface area contributed by atoms with Gasteiger partial charge >= 0.3 is 0 Å². The molecule has 0 atom stereocenters. The lowest BCUT2D eigenvalue weighted by Gasteiger charge is -2.01. The third kappa shape index (κ3) is 2.53. The maximum absolute atomic E-state index is 13.7. The van der Waals surface area contributed by atoms with E-state index in [0.29, 0.717) is 12.1 Å². The zero-order valence-electron chi connectivity index (χ0n) is 9.08. The van der Waals surface area contributed by atoms with Gasteiger partial charge in [-0.05, 0) is 6.07 Å². The molecule has 0 aliphatic heterocycles. The molecule has 0 saturated carbocycles. The molecule has 0 saturated heterocycles. The molecule has 0 spiro atoms. The van der Waals surface area contributed by atoms with Gasteiger partial charge in [-0.3, -0.25) is 10.1 Å². The first-order chi connectivity index (χ1) is 8.61. The highest BCUT2D eigenvalue weighted by atomic mass is 79.9. The van der Waals surface area contributed by atoms with Crippen molar-refractivity contribution in [3.8, 4) is 5.69 Å². The number of non-ortho nitro benzene ring substituents is 1. The summed E-state index contributed by atoms with van der Waals surface area (Å²) < 4.78 is 14.9. The first-order valence-electron chi connectivity index (χ1n) is 5.03. The Morgan fingerprint density at radius 2 is 2.28 bits per heavy atom. The van der Waals surface area contributed by atoms with Crippen LogP contribution in [0.5, 0.6) is 0 Å². The first-order valence-corrected chi connectivity index (χ1v) is 6.15. The standard InChI is InChI=1S/C10H8BrFN4O2/c11-4-3-7-6-15(14-13-7)10-2-1-8(16(17)18)5-9(10)12/h1-2,5-6H,3-4H2. The Bertz CT molecular complexity index is 587. The summed E-state index contributed by atoms with van der Waals surface area (Å²) in [7, 11) is 0. The zero-order valence-corrected chi connectivity index (χ0v) is 10.7. The van der Waals surface area contributed by atoms with Crippen LogP contribution in [0.1, 0.15) is 5.69 Å². The van der Waals surface area contributed by atoms with Crippen molar-refractivity contribution in [3.05, 3.63) is 46.0 Å². The summed E-state index contributed by atoms with van der Waals surface area (Å²) in [5, 5.41) is 18.9. The molecule has 0 radical (unpaired) electrons. The monoisotopic (exact) mass is 314 g/mol. The molecule has 0 N–H and O–H groups in total. The number of aryl methyl sites for hydroxylation is 1. The van der Waals surface area contributed by atoms with Gasteiger partial charge in [0.2, 0.25) is 0 Å². The minimum absolute atomic E-state index is 0.133. The van der Waals surface area contributed by atoms with Crippen LogP contribution in [0.3, 0.4) is 0 Å². The topological polar surface area (TPSA) is 73.8 Å². The third-order valence-corrected chi connectivity index (χ3v) is 2.68. The maximum atomic E-state index is 13.7. The van der Waals surface area contributed by atoms with Crippen molar-refractivity contribution in [1.82, 2.24) is 15.0 Å². The van der Waals surface area contributed by atoms with Gasteiger partial charge in [-0.25, -0.2) is 9.07 Å². The Hall–Kier alpha value is -1.83. The number of nitro groups is 1. The van der Waals surface area contributed by atoms with Gasteiger partial charge in [0.05, 0.1) is 22.9 Å². The molecule has 8 heteroatoms. The van der Waals surface area contributed by atoms with Crippen LogP contribution in [-0.4, -0.2) is 25.2 Å². The zero-order chi connectivity index (χ0) is 13.1. The van der Waals surface area contributed by atoms with E-state index in [9.17, 15) is 14.5 Å². The quantitative estimate of drug-likeness (QED) is 0.493. The van der Waals surface area contributed by atoms with E-state index in [4.69, 9.17) is 0 Å². The summed E-state index contributed by atoms with van der Waals surface area (Å²) in [6.07, 6.45) is 2.26. The van der Waals surface area contributed by atoms with E-state index in [0.717, 1.165) is 11.4 Å². The van der Waals surface area contributed by atoms with Crippen molar-refractivity contribution in [2.24, 2.45) is 0 Å². The van der Waals surface area contributed by atoms with Gasteiger partial charge in [-0.2, -0.15) is 0 Å². The minimum Gasteiger partial charge on any atom is -0.258 e. The Kier molecular flexibility index (Phi) is 3.66. The highest BCUT2D eigenvalue weighted by molar-refractivity contribution is 9.09. The molecule has 18 heavy (non-hydrogen) atoms. The number of benzene rings is 1. The molecule has 0 amide bonds. The van der Waals surface area contributed by atoms with Crippen molar-refractivity contribution in [3.63, 3.8) is 0 Å². The molecule has 94 valence electrons. The Morgan fingerprint density at radius 1 is 1.50 bits per heavy atom. The van der Waals surface area contributed by atoms with Crippen molar-refractivity contribution < 1.29 is 9.31 Å². The highest BCUT2D eigenvalue weighted by Gasteiger charge is 2.13. The lowest BCUT2D eigenvalue weighted by atomic mass is 10.2. The summed E-state index contributed by atoms with van der Waals surface area (Å²) >= 11 is 3.27. The second-order valence-corrected chi connectivity index (χ2v) is 4.28. The molecule has 1 aromatic heterocycles. The number of nitro benzene ring substituents is 1. The van der Waals surface area contributed by atoms with Crippen molar-refractivity contribution >= 4 is 21.6 Å². The molecule has 1 aromatic carbocycles. The van der Waals surface area contributed by atoms with Crippen LogP contribution >= 0.6 is 15.9 Å². The lowest BCUT2D eigenvalue weighted by molar-refractivity contribution is -0.385. The largest absolute Gasteiger partial charge is 0.272 e. The number of halogens is 2. The van der Waals surface area contributed by atoms with Gasteiger partial charge in [-0.1, -0.05) is 21.1 Å². The molecular weight excluding hydrogens is 307 g/mol. The number of hydrogen-bond donors (Lipinski definition) is 0. The number of alkyl halides is 1. The lowest BCUT2D eigenvalue weighted by Crippen LogP contribution is -1.99. The maximum Gasteiger partial charge on any atom is 0.272 e. The number of hydrogen-bond acceptors (Lipinski definition) is 4. The fourth-order valence-electron chi connectivity index (χ4n) is 1.42. The van der Waals surface area contributed by atoms with E-state index < -0.39 is 10.7 Å². The van der Waals surface area contributed by atoms with Gasteiger partial charge in [0, 0.05) is 17.8 Å². The predicted molar refractivity (Wildman–Crippen MR) is 65.5 cm³/mol. The van der Waals surface area contributed by atoms with Crippen molar-refractivity contribution in [2.45, 2.75) is 6.42 Å². The molecule has 0 bridgehead atoms. The fraction of sp³-hybridized carbons (Fsp3) is 0.200. The van der Waals surface area contributed by atoms with Gasteiger partial charge in [0.15, 0.2) is 5.82 Å². The minimum atomic E-state index is -0.709. The van der Waals surface area contributed by atoms with Gasteiger partial charge in [-0.15, -0.1) is 5.10 Å². The van der Waals surface area contributed by atoms with Crippen LogP contribution in [0.4, 0.5) is 10.1 Å². The van der Waals surface area contributed by atoms with E-state index in [1.165, 1.54) is 16.8 Å². The van der Waals surface area contributed by atoms with Gasteiger partial charge in [0.25, 0.3) is 5.69 Å². The van der Waals surface area contributed by atoms with Crippen LogP contribution in [0, 0.1) is 15.9 Å². The molecule has 2 rings (SSSR count). The molecule has 0 fully saturated rings. The van der Waals surface area contributed by atoms with Crippen molar-refractivity contribution in [1.29, 1.82) is 0 Å². The van der Waals surface area contributed by atoms with Crippen LogP contribution in [0.2, 0.25) is 0 Å². The van der Waals surface area contributed by atoms with E-state index in [2.05, 4.69) is 26.2 Å². The summed E-state index contributed by atoms with van der Waals surface area (Å²) in [6, 6.07) is 3.39. The van der Waals surface area contributed by atoms with E-state index in [1.807, 2.05) is 0 Å². The normalized spacial score (nSPS) is 10.6. The third-order valence-electron chi connectivity index (χ3n) is 2.28. The van der Waals surface area contributed by atoms with Crippen LogP contribution in [0.15, 0.2) is 24.4 Å². The summed E-state index contributed by atoms with van der Waals surface area (Å²) in [6.45, 7) is 0. The van der Waals surface area contributed by atoms with E-state index >= 15 is 0 Å². The van der Waals surface area contributed by atoms with Gasteiger partial charge < -0.3 is 0 Å².